The predicted molar refractivity (Wildman–Crippen MR) is 150 cm³/mol. The van der Waals surface area contributed by atoms with Crippen LogP contribution < -0.4 is 14.2 Å². The summed E-state index contributed by atoms with van der Waals surface area (Å²) in [4.78, 5) is 32.5. The van der Waals surface area contributed by atoms with Crippen molar-refractivity contribution in [2.24, 2.45) is 0 Å². The standard InChI is InChI=1S/C31H25ClN2O6/c1-38-25-17-24(32)26(39-2)16-23(25)29(35)27-28(34(31(37)30(27)36)18-19-11-13-33-14-12-19)20-7-6-10-22(15-20)40-21-8-4-3-5-9-21/h3-17,28,35H,18H2,1-2H3/b29-27+. The second-order valence-electron chi connectivity index (χ2n) is 8.96. The van der Waals surface area contributed by atoms with Gasteiger partial charge in [-0.05, 0) is 53.6 Å². The number of hydrogen-bond donors (Lipinski definition) is 1. The number of ether oxygens (including phenoxy) is 3. The Morgan fingerprint density at radius 3 is 2.30 bits per heavy atom. The van der Waals surface area contributed by atoms with Crippen LogP contribution in [0.25, 0.3) is 5.76 Å². The fourth-order valence-electron chi connectivity index (χ4n) is 4.64. The van der Waals surface area contributed by atoms with E-state index in [2.05, 4.69) is 4.98 Å². The minimum absolute atomic E-state index is 0.0985. The largest absolute Gasteiger partial charge is 0.507 e. The molecule has 2 heterocycles. The van der Waals surface area contributed by atoms with Gasteiger partial charge in [0, 0.05) is 25.0 Å². The molecule has 0 bridgehead atoms. The maximum atomic E-state index is 13.6. The Kier molecular flexibility index (Phi) is 7.70. The molecule has 4 aromatic rings. The number of carbonyl (C=O) groups is 2. The minimum Gasteiger partial charge on any atom is -0.507 e. The van der Waals surface area contributed by atoms with Gasteiger partial charge < -0.3 is 24.2 Å². The first kappa shape index (κ1) is 26.8. The summed E-state index contributed by atoms with van der Waals surface area (Å²) in [5.41, 5.74) is 1.40. The van der Waals surface area contributed by atoms with E-state index in [4.69, 9.17) is 25.8 Å². The summed E-state index contributed by atoms with van der Waals surface area (Å²) < 4.78 is 16.8. The van der Waals surface area contributed by atoms with Crippen LogP contribution >= 0.6 is 11.6 Å². The molecule has 1 amide bonds. The first-order valence-electron chi connectivity index (χ1n) is 12.3. The highest BCUT2D eigenvalue weighted by atomic mass is 35.5. The molecule has 1 fully saturated rings. The highest BCUT2D eigenvalue weighted by Crippen LogP contribution is 2.44. The molecule has 202 valence electrons. The summed E-state index contributed by atoms with van der Waals surface area (Å²) in [6.07, 6.45) is 3.22. The number of carbonyl (C=O) groups excluding carboxylic acids is 2. The highest BCUT2D eigenvalue weighted by molar-refractivity contribution is 6.46. The van der Waals surface area contributed by atoms with Crippen molar-refractivity contribution in [3.8, 4) is 23.0 Å². The van der Waals surface area contributed by atoms with E-state index in [1.165, 1.54) is 31.3 Å². The molecule has 1 unspecified atom stereocenters. The van der Waals surface area contributed by atoms with Crippen molar-refractivity contribution in [3.63, 3.8) is 0 Å². The molecule has 0 saturated carbocycles. The number of Topliss-reactive ketones (excluding diaryl/α,β-unsaturated/α-hetero) is 1. The van der Waals surface area contributed by atoms with Crippen LogP contribution in [0, 0.1) is 0 Å². The van der Waals surface area contributed by atoms with Gasteiger partial charge in [0.15, 0.2) is 0 Å². The van der Waals surface area contributed by atoms with Crippen molar-refractivity contribution >= 4 is 29.1 Å². The average molecular weight is 557 g/mol. The Morgan fingerprint density at radius 1 is 0.900 bits per heavy atom. The smallest absolute Gasteiger partial charge is 0.295 e. The van der Waals surface area contributed by atoms with Gasteiger partial charge >= 0.3 is 0 Å². The van der Waals surface area contributed by atoms with Gasteiger partial charge in [-0.3, -0.25) is 14.6 Å². The zero-order chi connectivity index (χ0) is 28.2. The third kappa shape index (κ3) is 5.21. The Hall–Kier alpha value is -4.82. The number of likely N-dealkylation sites (tertiary alicyclic amines) is 1. The molecule has 0 spiro atoms. The Balaban J connectivity index is 1.67. The number of aromatic nitrogens is 1. The number of aliphatic hydroxyl groups excluding tert-OH is 1. The molecule has 1 aromatic heterocycles. The van der Waals surface area contributed by atoms with Crippen LogP contribution in [0.3, 0.4) is 0 Å². The molecule has 40 heavy (non-hydrogen) atoms. The summed E-state index contributed by atoms with van der Waals surface area (Å²) >= 11 is 6.27. The molecular formula is C31H25ClN2O6. The fourth-order valence-corrected chi connectivity index (χ4v) is 4.87. The molecule has 5 rings (SSSR count). The number of nitrogens with zero attached hydrogens (tertiary/aromatic N) is 2. The SMILES string of the molecule is COc1cc(/C(O)=C2\C(=O)C(=O)N(Cc3ccncc3)C2c2cccc(Oc3ccccc3)c2)c(OC)cc1Cl. The lowest BCUT2D eigenvalue weighted by Crippen LogP contribution is -2.29. The van der Waals surface area contributed by atoms with Crippen LogP contribution in [0.2, 0.25) is 5.02 Å². The topological polar surface area (TPSA) is 98.2 Å². The first-order chi connectivity index (χ1) is 19.4. The van der Waals surface area contributed by atoms with Crippen LogP contribution in [-0.2, 0) is 16.1 Å². The van der Waals surface area contributed by atoms with Gasteiger partial charge in [-0.15, -0.1) is 0 Å². The number of benzene rings is 3. The molecular weight excluding hydrogens is 532 g/mol. The molecule has 1 N–H and O–H groups in total. The zero-order valence-corrected chi connectivity index (χ0v) is 22.5. The number of aliphatic hydroxyl groups is 1. The number of para-hydroxylation sites is 1. The van der Waals surface area contributed by atoms with E-state index in [1.54, 1.807) is 48.8 Å². The summed E-state index contributed by atoms with van der Waals surface area (Å²) in [7, 11) is 2.85. The van der Waals surface area contributed by atoms with E-state index in [-0.39, 0.29) is 34.2 Å². The van der Waals surface area contributed by atoms with E-state index in [1.807, 2.05) is 30.3 Å². The van der Waals surface area contributed by atoms with E-state index >= 15 is 0 Å². The minimum atomic E-state index is -0.932. The van der Waals surface area contributed by atoms with Crippen molar-refractivity contribution in [2.75, 3.05) is 14.2 Å². The van der Waals surface area contributed by atoms with Gasteiger partial charge in [0.2, 0.25) is 0 Å². The summed E-state index contributed by atoms with van der Waals surface area (Å²) in [5, 5.41) is 11.9. The highest BCUT2D eigenvalue weighted by Gasteiger charge is 2.46. The maximum Gasteiger partial charge on any atom is 0.295 e. The van der Waals surface area contributed by atoms with Gasteiger partial charge in [-0.25, -0.2) is 0 Å². The molecule has 1 saturated heterocycles. The van der Waals surface area contributed by atoms with Gasteiger partial charge in [-0.1, -0.05) is 41.9 Å². The number of rotatable bonds is 8. The zero-order valence-electron chi connectivity index (χ0n) is 21.7. The predicted octanol–water partition coefficient (Wildman–Crippen LogP) is 6.17. The quantitative estimate of drug-likeness (QED) is 0.157. The molecule has 1 aliphatic heterocycles. The van der Waals surface area contributed by atoms with E-state index in [0.717, 1.165) is 5.56 Å². The molecule has 0 radical (unpaired) electrons. The lowest BCUT2D eigenvalue weighted by atomic mass is 9.94. The van der Waals surface area contributed by atoms with Crippen LogP contribution in [0.15, 0.2) is 96.8 Å². The second kappa shape index (κ2) is 11.5. The number of pyridine rings is 1. The summed E-state index contributed by atoms with van der Waals surface area (Å²) in [6, 6.07) is 21.9. The summed E-state index contributed by atoms with van der Waals surface area (Å²) in [6.45, 7) is 0.110. The lowest BCUT2D eigenvalue weighted by molar-refractivity contribution is -0.140. The lowest BCUT2D eigenvalue weighted by Gasteiger charge is -2.26. The Labute approximate surface area is 236 Å². The van der Waals surface area contributed by atoms with E-state index < -0.39 is 23.5 Å². The monoisotopic (exact) mass is 556 g/mol. The van der Waals surface area contributed by atoms with Crippen LogP contribution in [0.5, 0.6) is 23.0 Å². The normalized spacial score (nSPS) is 16.2. The molecule has 0 aliphatic carbocycles. The van der Waals surface area contributed by atoms with Crippen molar-refractivity contribution < 1.29 is 28.9 Å². The van der Waals surface area contributed by atoms with Crippen LogP contribution in [0.4, 0.5) is 0 Å². The van der Waals surface area contributed by atoms with Crippen molar-refractivity contribution in [1.29, 1.82) is 0 Å². The van der Waals surface area contributed by atoms with E-state index in [0.29, 0.717) is 17.1 Å². The Morgan fingerprint density at radius 2 is 1.60 bits per heavy atom. The second-order valence-corrected chi connectivity index (χ2v) is 9.36. The van der Waals surface area contributed by atoms with Crippen molar-refractivity contribution in [3.05, 3.63) is 119 Å². The average Bonchev–Trinajstić information content (AvgIpc) is 3.22. The van der Waals surface area contributed by atoms with Gasteiger partial charge in [-0.2, -0.15) is 0 Å². The van der Waals surface area contributed by atoms with Crippen molar-refractivity contribution in [2.45, 2.75) is 12.6 Å². The number of halogens is 1. The van der Waals surface area contributed by atoms with Gasteiger partial charge in [0.25, 0.3) is 11.7 Å². The molecule has 1 atom stereocenters. The fraction of sp³-hybridized carbons (Fsp3) is 0.129. The molecule has 9 heteroatoms. The third-order valence-corrected chi connectivity index (χ3v) is 6.82. The first-order valence-corrected chi connectivity index (χ1v) is 12.7. The molecule has 8 nitrogen and oxygen atoms in total. The summed E-state index contributed by atoms with van der Waals surface area (Å²) in [5.74, 6) is -0.387. The Bertz CT molecular complexity index is 1590. The number of methoxy groups -OCH3 is 2. The van der Waals surface area contributed by atoms with Crippen LogP contribution in [-0.4, -0.2) is 40.9 Å². The molecule has 1 aliphatic rings. The van der Waals surface area contributed by atoms with E-state index in [9.17, 15) is 14.7 Å². The molecule has 3 aromatic carbocycles. The van der Waals surface area contributed by atoms with Crippen LogP contribution in [0.1, 0.15) is 22.7 Å². The van der Waals surface area contributed by atoms with Gasteiger partial charge in [0.1, 0.15) is 28.8 Å². The third-order valence-electron chi connectivity index (χ3n) is 6.52. The number of ketones is 1. The number of hydrogen-bond acceptors (Lipinski definition) is 7. The van der Waals surface area contributed by atoms with Crippen molar-refractivity contribution in [1.82, 2.24) is 9.88 Å². The van der Waals surface area contributed by atoms with Gasteiger partial charge in [0.05, 0.1) is 36.4 Å². The maximum absolute atomic E-state index is 13.6. The number of amides is 1.